The van der Waals surface area contributed by atoms with Crippen molar-refractivity contribution in [3.63, 3.8) is 0 Å². The van der Waals surface area contributed by atoms with Crippen LogP contribution in [0.5, 0.6) is 0 Å². The first-order valence-corrected chi connectivity index (χ1v) is 11.2. The van der Waals surface area contributed by atoms with E-state index >= 15 is 0 Å². The maximum absolute atomic E-state index is 12.6. The molecule has 0 aliphatic rings. The standard InChI is InChI=1S/C19H18N4OS3/c1-3-12-8-13-18(20-11-21-19(13)26-12)25-10-17(24)23(2)9-16-22-14-6-4-5-7-15(14)27-16/h4-8,11H,3,9-10H2,1-2H3. The van der Waals surface area contributed by atoms with Crippen molar-refractivity contribution >= 4 is 60.8 Å². The van der Waals surface area contributed by atoms with E-state index in [-0.39, 0.29) is 5.91 Å². The highest BCUT2D eigenvalue weighted by Gasteiger charge is 2.15. The normalized spacial score (nSPS) is 11.3. The molecule has 1 aromatic carbocycles. The second-order valence-corrected chi connectivity index (χ2v) is 9.27. The summed E-state index contributed by atoms with van der Waals surface area (Å²) in [6.45, 7) is 2.65. The Morgan fingerprint density at radius 2 is 2.07 bits per heavy atom. The van der Waals surface area contributed by atoms with E-state index < -0.39 is 0 Å². The number of carbonyl (C=O) groups is 1. The Kier molecular flexibility index (Phi) is 5.38. The number of thiazole rings is 1. The van der Waals surface area contributed by atoms with Crippen LogP contribution in [0.2, 0.25) is 0 Å². The Hall–Kier alpha value is -2.03. The zero-order valence-electron chi connectivity index (χ0n) is 15.0. The van der Waals surface area contributed by atoms with Gasteiger partial charge >= 0.3 is 0 Å². The molecular formula is C19H18N4OS3. The van der Waals surface area contributed by atoms with E-state index in [0.717, 1.165) is 36.9 Å². The van der Waals surface area contributed by atoms with Gasteiger partial charge in [-0.05, 0) is 24.6 Å². The molecule has 5 nitrogen and oxygen atoms in total. The first-order chi connectivity index (χ1) is 13.1. The Labute approximate surface area is 169 Å². The van der Waals surface area contributed by atoms with Crippen LogP contribution >= 0.6 is 34.4 Å². The Balaban J connectivity index is 1.42. The molecule has 0 atom stereocenters. The Bertz CT molecular complexity index is 1070. The second kappa shape index (κ2) is 7.92. The number of nitrogens with zero attached hydrogens (tertiary/aromatic N) is 4. The van der Waals surface area contributed by atoms with E-state index in [1.807, 2.05) is 25.2 Å². The molecule has 27 heavy (non-hydrogen) atoms. The number of thiophene rings is 1. The van der Waals surface area contributed by atoms with Gasteiger partial charge in [0, 0.05) is 17.3 Å². The van der Waals surface area contributed by atoms with Crippen molar-refractivity contribution < 1.29 is 4.79 Å². The summed E-state index contributed by atoms with van der Waals surface area (Å²) in [7, 11) is 1.82. The van der Waals surface area contributed by atoms with Gasteiger partial charge in [-0.25, -0.2) is 15.0 Å². The van der Waals surface area contributed by atoms with E-state index in [4.69, 9.17) is 0 Å². The molecule has 4 rings (SSSR count). The van der Waals surface area contributed by atoms with Crippen molar-refractivity contribution in [1.82, 2.24) is 19.9 Å². The largest absolute Gasteiger partial charge is 0.338 e. The molecule has 8 heteroatoms. The average molecular weight is 415 g/mol. The lowest BCUT2D eigenvalue weighted by Gasteiger charge is -2.15. The van der Waals surface area contributed by atoms with Crippen LogP contribution < -0.4 is 0 Å². The van der Waals surface area contributed by atoms with Crippen LogP contribution in [0, 0.1) is 0 Å². The van der Waals surface area contributed by atoms with Crippen LogP contribution in [-0.2, 0) is 17.8 Å². The summed E-state index contributed by atoms with van der Waals surface area (Å²) in [4.78, 5) is 29.9. The summed E-state index contributed by atoms with van der Waals surface area (Å²) in [6.07, 6.45) is 2.56. The van der Waals surface area contributed by atoms with Gasteiger partial charge in [-0.15, -0.1) is 22.7 Å². The van der Waals surface area contributed by atoms with Crippen LogP contribution in [0.15, 0.2) is 41.7 Å². The predicted octanol–water partition coefficient (Wildman–Crippen LogP) is 4.61. The van der Waals surface area contributed by atoms with Gasteiger partial charge in [-0.3, -0.25) is 4.79 Å². The molecule has 0 aliphatic carbocycles. The van der Waals surface area contributed by atoms with Crippen LogP contribution in [-0.4, -0.2) is 38.6 Å². The third-order valence-electron chi connectivity index (χ3n) is 4.16. The smallest absolute Gasteiger partial charge is 0.233 e. The van der Waals surface area contributed by atoms with E-state index in [2.05, 4.69) is 34.0 Å². The molecule has 0 N–H and O–H groups in total. The fourth-order valence-electron chi connectivity index (χ4n) is 2.69. The van der Waals surface area contributed by atoms with Crippen molar-refractivity contribution in [1.29, 1.82) is 0 Å². The first-order valence-electron chi connectivity index (χ1n) is 8.58. The minimum Gasteiger partial charge on any atom is -0.338 e. The number of aryl methyl sites for hydroxylation is 1. The summed E-state index contributed by atoms with van der Waals surface area (Å²) in [5, 5.41) is 2.87. The number of aromatic nitrogens is 3. The van der Waals surface area contributed by atoms with Crippen LogP contribution in [0.3, 0.4) is 0 Å². The molecule has 3 aromatic heterocycles. The number of hydrogen-bond donors (Lipinski definition) is 0. The minimum atomic E-state index is 0.0666. The summed E-state index contributed by atoms with van der Waals surface area (Å²) in [6, 6.07) is 10.2. The molecule has 4 aromatic rings. The topological polar surface area (TPSA) is 59.0 Å². The molecule has 1 amide bonds. The second-order valence-electron chi connectivity index (χ2n) is 6.08. The average Bonchev–Trinajstić information content (AvgIpc) is 3.29. The Morgan fingerprint density at radius 3 is 2.89 bits per heavy atom. The molecule has 0 fully saturated rings. The monoisotopic (exact) mass is 414 g/mol. The minimum absolute atomic E-state index is 0.0666. The van der Waals surface area contributed by atoms with Crippen LogP contribution in [0.1, 0.15) is 16.8 Å². The van der Waals surface area contributed by atoms with Gasteiger partial charge in [0.05, 0.1) is 22.5 Å². The van der Waals surface area contributed by atoms with Crippen molar-refractivity contribution in [2.45, 2.75) is 24.9 Å². The van der Waals surface area contributed by atoms with Gasteiger partial charge < -0.3 is 4.90 Å². The van der Waals surface area contributed by atoms with E-state index in [1.165, 1.54) is 16.6 Å². The van der Waals surface area contributed by atoms with Crippen molar-refractivity contribution in [3.8, 4) is 0 Å². The molecule has 138 valence electrons. The number of hydrogen-bond acceptors (Lipinski definition) is 7. The highest BCUT2D eigenvalue weighted by atomic mass is 32.2. The molecule has 3 heterocycles. The molecule has 0 saturated carbocycles. The van der Waals surface area contributed by atoms with Crippen LogP contribution in [0.25, 0.3) is 20.4 Å². The maximum atomic E-state index is 12.6. The maximum Gasteiger partial charge on any atom is 0.233 e. The molecule has 0 saturated heterocycles. The van der Waals surface area contributed by atoms with Gasteiger partial charge in [0.2, 0.25) is 5.91 Å². The van der Waals surface area contributed by atoms with Crippen molar-refractivity contribution in [2.75, 3.05) is 12.8 Å². The number of amides is 1. The molecule has 0 bridgehead atoms. The summed E-state index contributed by atoms with van der Waals surface area (Å²) in [5.41, 5.74) is 0.986. The molecule has 0 spiro atoms. The number of benzene rings is 1. The first kappa shape index (κ1) is 18.3. The summed E-state index contributed by atoms with van der Waals surface area (Å²) >= 11 is 4.80. The molecule has 0 unspecified atom stereocenters. The fourth-order valence-corrected chi connectivity index (χ4v) is 5.63. The third-order valence-corrected chi connectivity index (χ3v) is 7.36. The van der Waals surface area contributed by atoms with E-state index in [9.17, 15) is 4.79 Å². The number of fused-ring (bicyclic) bond motifs is 2. The molecular weight excluding hydrogens is 396 g/mol. The summed E-state index contributed by atoms with van der Waals surface area (Å²) in [5.74, 6) is 0.419. The van der Waals surface area contributed by atoms with Gasteiger partial charge in [0.15, 0.2) is 0 Å². The lowest BCUT2D eigenvalue weighted by Crippen LogP contribution is -2.27. The van der Waals surface area contributed by atoms with Gasteiger partial charge in [-0.1, -0.05) is 30.8 Å². The SMILES string of the molecule is CCc1cc2c(SCC(=O)N(C)Cc3nc4ccccc4s3)ncnc2s1. The lowest BCUT2D eigenvalue weighted by molar-refractivity contribution is -0.127. The Morgan fingerprint density at radius 1 is 1.22 bits per heavy atom. The number of carbonyl (C=O) groups excluding carboxylic acids is 1. The van der Waals surface area contributed by atoms with E-state index in [1.54, 1.807) is 33.9 Å². The highest BCUT2D eigenvalue weighted by molar-refractivity contribution is 8.00. The summed E-state index contributed by atoms with van der Waals surface area (Å²) < 4.78 is 1.15. The van der Waals surface area contributed by atoms with Gasteiger partial charge in [-0.2, -0.15) is 0 Å². The molecule has 0 aliphatic heterocycles. The van der Waals surface area contributed by atoms with E-state index in [0.29, 0.717) is 12.3 Å². The van der Waals surface area contributed by atoms with Crippen LogP contribution in [0.4, 0.5) is 0 Å². The zero-order chi connectivity index (χ0) is 18.8. The van der Waals surface area contributed by atoms with Crippen molar-refractivity contribution in [2.24, 2.45) is 0 Å². The zero-order valence-corrected chi connectivity index (χ0v) is 17.5. The van der Waals surface area contributed by atoms with Gasteiger partial charge in [0.1, 0.15) is 21.2 Å². The number of para-hydroxylation sites is 1. The quantitative estimate of drug-likeness (QED) is 0.340. The lowest BCUT2D eigenvalue weighted by atomic mass is 10.3. The number of thioether (sulfide) groups is 1. The molecule has 0 radical (unpaired) electrons. The number of rotatable bonds is 6. The third kappa shape index (κ3) is 3.97. The fraction of sp³-hybridized carbons (Fsp3) is 0.263. The van der Waals surface area contributed by atoms with Gasteiger partial charge in [0.25, 0.3) is 0 Å². The van der Waals surface area contributed by atoms with Crippen molar-refractivity contribution in [3.05, 3.63) is 46.5 Å². The highest BCUT2D eigenvalue weighted by Crippen LogP contribution is 2.31. The predicted molar refractivity (Wildman–Crippen MR) is 114 cm³/mol.